The zero-order chi connectivity index (χ0) is 12.4. The average Bonchev–Trinajstić information content (AvgIpc) is 2.58. The first-order valence-electron chi connectivity index (χ1n) is 4.94. The number of rotatable bonds is 2. The van der Waals surface area contributed by atoms with Gasteiger partial charge in [0.2, 0.25) is 0 Å². The Morgan fingerprint density at radius 2 is 2.06 bits per heavy atom. The zero-order valence-corrected chi connectivity index (χ0v) is 9.12. The molecule has 6 heteroatoms. The highest BCUT2D eigenvalue weighted by molar-refractivity contribution is 5.73. The van der Waals surface area contributed by atoms with E-state index in [-0.39, 0.29) is 5.69 Å². The van der Waals surface area contributed by atoms with Crippen LogP contribution in [0.15, 0.2) is 30.0 Å². The third-order valence-electron chi connectivity index (χ3n) is 2.35. The molecule has 0 unspecified atom stereocenters. The number of carbonyl (C=O) groups is 1. The Morgan fingerprint density at radius 1 is 1.41 bits per heavy atom. The number of non-ortho nitro benzene ring substituents is 1. The summed E-state index contributed by atoms with van der Waals surface area (Å²) in [5.74, 6) is 0.534. The molecule has 1 saturated heterocycles. The van der Waals surface area contributed by atoms with Crippen molar-refractivity contribution in [1.82, 2.24) is 4.90 Å². The fourth-order valence-electron chi connectivity index (χ4n) is 1.47. The number of amides is 1. The van der Waals surface area contributed by atoms with Gasteiger partial charge in [0.15, 0.2) is 0 Å². The highest BCUT2D eigenvalue weighted by Gasteiger charge is 2.22. The number of ether oxygens (including phenoxy) is 1. The van der Waals surface area contributed by atoms with Crippen LogP contribution >= 0.6 is 0 Å². The molecule has 2 rings (SSSR count). The molecule has 1 aliphatic rings. The SMILES string of the molecule is CN1C/C(=C/c2ccc([N+](=O)[O-])cc2)OC1=O. The summed E-state index contributed by atoms with van der Waals surface area (Å²) in [6.45, 7) is 0.413. The van der Waals surface area contributed by atoms with Gasteiger partial charge in [0.1, 0.15) is 5.76 Å². The number of likely N-dealkylation sites (N-methyl/N-ethyl adjacent to an activating group) is 1. The lowest BCUT2D eigenvalue weighted by atomic mass is 10.2. The molecule has 1 amide bonds. The second kappa shape index (κ2) is 4.25. The number of nitro groups is 1. The number of nitrogens with zero attached hydrogens (tertiary/aromatic N) is 2. The fraction of sp³-hybridized carbons (Fsp3) is 0.182. The molecule has 6 nitrogen and oxygen atoms in total. The Morgan fingerprint density at radius 3 is 2.53 bits per heavy atom. The minimum absolute atomic E-state index is 0.0349. The minimum Gasteiger partial charge on any atom is -0.413 e. The van der Waals surface area contributed by atoms with Gasteiger partial charge in [-0.2, -0.15) is 0 Å². The quantitative estimate of drug-likeness (QED) is 0.579. The van der Waals surface area contributed by atoms with Gasteiger partial charge >= 0.3 is 6.09 Å². The number of carbonyl (C=O) groups excluding carboxylic acids is 1. The lowest BCUT2D eigenvalue weighted by Gasteiger charge is -1.98. The van der Waals surface area contributed by atoms with Crippen molar-refractivity contribution in [3.63, 3.8) is 0 Å². The Labute approximate surface area is 97.2 Å². The molecule has 1 heterocycles. The Hall–Kier alpha value is -2.37. The van der Waals surface area contributed by atoms with Crippen molar-refractivity contribution in [3.05, 3.63) is 45.7 Å². The minimum atomic E-state index is -0.458. The van der Waals surface area contributed by atoms with Crippen LogP contribution in [0.3, 0.4) is 0 Å². The van der Waals surface area contributed by atoms with Crippen LogP contribution in [0.25, 0.3) is 6.08 Å². The van der Waals surface area contributed by atoms with Gasteiger partial charge in [0.05, 0.1) is 11.5 Å². The van der Waals surface area contributed by atoms with Crippen LogP contribution in [0.2, 0.25) is 0 Å². The van der Waals surface area contributed by atoms with Gasteiger partial charge in [-0.3, -0.25) is 10.1 Å². The Kier molecular flexibility index (Phi) is 2.78. The first-order chi connectivity index (χ1) is 8.06. The summed E-state index contributed by atoms with van der Waals surface area (Å²) in [5, 5.41) is 10.5. The smallest absolute Gasteiger partial charge is 0.413 e. The number of hydrogen-bond acceptors (Lipinski definition) is 4. The summed E-state index contributed by atoms with van der Waals surface area (Å²) in [4.78, 5) is 22.5. The maximum absolute atomic E-state index is 11.1. The molecule has 1 aromatic rings. The van der Waals surface area contributed by atoms with Crippen LogP contribution in [-0.4, -0.2) is 29.5 Å². The number of benzene rings is 1. The molecule has 88 valence electrons. The van der Waals surface area contributed by atoms with Crippen LogP contribution in [0.5, 0.6) is 0 Å². The van der Waals surface area contributed by atoms with E-state index in [2.05, 4.69) is 0 Å². The summed E-state index contributed by atoms with van der Waals surface area (Å²) in [6.07, 6.45) is 1.30. The molecule has 0 aliphatic carbocycles. The normalized spacial score (nSPS) is 17.4. The summed E-state index contributed by atoms with van der Waals surface area (Å²) < 4.78 is 4.97. The molecular weight excluding hydrogens is 224 g/mol. The maximum atomic E-state index is 11.1. The molecule has 1 aliphatic heterocycles. The van der Waals surface area contributed by atoms with Gasteiger partial charge < -0.3 is 9.64 Å². The highest BCUT2D eigenvalue weighted by Crippen LogP contribution is 2.18. The van der Waals surface area contributed by atoms with Crippen molar-refractivity contribution in [1.29, 1.82) is 0 Å². The summed E-state index contributed by atoms with van der Waals surface area (Å²) in [5.41, 5.74) is 0.793. The second-order valence-corrected chi connectivity index (χ2v) is 3.68. The Bertz CT molecular complexity index is 493. The topological polar surface area (TPSA) is 72.7 Å². The van der Waals surface area contributed by atoms with Gasteiger partial charge in [-0.1, -0.05) is 0 Å². The van der Waals surface area contributed by atoms with Crippen LogP contribution in [0.4, 0.5) is 10.5 Å². The lowest BCUT2D eigenvalue weighted by molar-refractivity contribution is -0.384. The largest absolute Gasteiger partial charge is 0.415 e. The van der Waals surface area contributed by atoms with E-state index in [1.165, 1.54) is 17.0 Å². The Balaban J connectivity index is 2.17. The molecule has 0 radical (unpaired) electrons. The van der Waals surface area contributed by atoms with E-state index >= 15 is 0 Å². The van der Waals surface area contributed by atoms with Crippen molar-refractivity contribution in [2.45, 2.75) is 0 Å². The lowest BCUT2D eigenvalue weighted by Crippen LogP contribution is -2.17. The standard InChI is InChI=1S/C11H10N2O4/c1-12-7-10(17-11(12)14)6-8-2-4-9(5-3-8)13(15)16/h2-6H,7H2,1H3/b10-6-. The molecule has 0 aromatic heterocycles. The van der Waals surface area contributed by atoms with E-state index < -0.39 is 11.0 Å². The van der Waals surface area contributed by atoms with Crippen molar-refractivity contribution < 1.29 is 14.5 Å². The molecular formula is C11H10N2O4. The van der Waals surface area contributed by atoms with E-state index in [0.717, 1.165) is 5.56 Å². The third kappa shape index (κ3) is 2.41. The molecule has 0 saturated carbocycles. The molecule has 0 spiro atoms. The summed E-state index contributed by atoms with van der Waals surface area (Å²) in [7, 11) is 1.64. The van der Waals surface area contributed by atoms with Crippen LogP contribution in [-0.2, 0) is 4.74 Å². The van der Waals surface area contributed by atoms with Crippen molar-refractivity contribution in [2.75, 3.05) is 13.6 Å². The highest BCUT2D eigenvalue weighted by atomic mass is 16.6. The van der Waals surface area contributed by atoms with Gasteiger partial charge in [-0.25, -0.2) is 4.79 Å². The summed E-state index contributed by atoms with van der Waals surface area (Å²) >= 11 is 0. The molecule has 1 fully saturated rings. The third-order valence-corrected chi connectivity index (χ3v) is 2.35. The first kappa shape index (κ1) is 11.1. The second-order valence-electron chi connectivity index (χ2n) is 3.68. The van der Waals surface area contributed by atoms with E-state index in [4.69, 9.17) is 4.74 Å². The molecule has 1 aromatic carbocycles. The van der Waals surface area contributed by atoms with Crippen LogP contribution in [0, 0.1) is 10.1 Å². The van der Waals surface area contributed by atoms with E-state index in [0.29, 0.717) is 12.3 Å². The number of nitro benzene ring substituents is 1. The molecule has 0 atom stereocenters. The molecule has 0 bridgehead atoms. The van der Waals surface area contributed by atoms with Crippen LogP contribution < -0.4 is 0 Å². The van der Waals surface area contributed by atoms with Crippen molar-refractivity contribution in [3.8, 4) is 0 Å². The summed E-state index contributed by atoms with van der Waals surface area (Å²) in [6, 6.07) is 6.04. The molecule has 17 heavy (non-hydrogen) atoms. The first-order valence-corrected chi connectivity index (χ1v) is 4.94. The molecule has 0 N–H and O–H groups in total. The van der Waals surface area contributed by atoms with E-state index in [9.17, 15) is 14.9 Å². The maximum Gasteiger partial charge on any atom is 0.415 e. The van der Waals surface area contributed by atoms with E-state index in [1.807, 2.05) is 0 Å². The van der Waals surface area contributed by atoms with Gasteiger partial charge in [0, 0.05) is 19.2 Å². The number of hydrogen-bond donors (Lipinski definition) is 0. The van der Waals surface area contributed by atoms with Crippen LogP contribution in [0.1, 0.15) is 5.56 Å². The number of cyclic esters (lactones) is 1. The van der Waals surface area contributed by atoms with Gasteiger partial charge in [-0.05, 0) is 23.8 Å². The van der Waals surface area contributed by atoms with Crippen molar-refractivity contribution >= 4 is 17.9 Å². The zero-order valence-electron chi connectivity index (χ0n) is 9.12. The van der Waals surface area contributed by atoms with Gasteiger partial charge in [-0.15, -0.1) is 0 Å². The van der Waals surface area contributed by atoms with E-state index in [1.54, 1.807) is 25.3 Å². The predicted octanol–water partition coefficient (Wildman–Crippen LogP) is 2.02. The van der Waals surface area contributed by atoms with Gasteiger partial charge in [0.25, 0.3) is 5.69 Å². The fourth-order valence-corrected chi connectivity index (χ4v) is 1.47. The average molecular weight is 234 g/mol. The van der Waals surface area contributed by atoms with Crippen molar-refractivity contribution in [2.24, 2.45) is 0 Å². The monoisotopic (exact) mass is 234 g/mol. The predicted molar refractivity (Wildman–Crippen MR) is 60.2 cm³/mol.